The van der Waals surface area contributed by atoms with E-state index in [9.17, 15) is 4.79 Å². The van der Waals surface area contributed by atoms with Gasteiger partial charge in [-0.3, -0.25) is 0 Å². The minimum atomic E-state index is -0.236. The first-order valence-electron chi connectivity index (χ1n) is 8.52. The Hall–Kier alpha value is -2.50. The maximum atomic E-state index is 12.2. The molecule has 136 valence electrons. The number of benzene rings is 1. The number of nitrogens with one attached hydrogen (secondary N) is 2. The smallest absolute Gasteiger partial charge is 0.319 e. The fraction of sp³-hybridized carbons (Fsp3) is 0.474. The molecule has 0 fully saturated rings. The third kappa shape index (κ3) is 5.24. The Balaban J connectivity index is 1.93. The van der Waals surface area contributed by atoms with E-state index < -0.39 is 0 Å². The Labute approximate surface area is 148 Å². The lowest BCUT2D eigenvalue weighted by atomic mass is 10.1. The van der Waals surface area contributed by atoms with E-state index in [-0.39, 0.29) is 18.2 Å². The van der Waals surface area contributed by atoms with Gasteiger partial charge in [0.15, 0.2) is 0 Å². The average molecular weight is 345 g/mol. The number of amides is 2. The third-order valence-electron chi connectivity index (χ3n) is 3.89. The second-order valence-electron chi connectivity index (χ2n) is 6.65. The van der Waals surface area contributed by atoms with Gasteiger partial charge in [-0.2, -0.15) is 0 Å². The highest BCUT2D eigenvalue weighted by molar-refractivity contribution is 5.90. The van der Waals surface area contributed by atoms with Crippen LogP contribution in [-0.2, 0) is 6.42 Å². The highest BCUT2D eigenvalue weighted by atomic mass is 16.5. The van der Waals surface area contributed by atoms with Crippen molar-refractivity contribution in [2.45, 2.75) is 60.1 Å². The van der Waals surface area contributed by atoms with E-state index in [2.05, 4.69) is 15.8 Å². The molecule has 2 N–H and O–H groups in total. The zero-order chi connectivity index (χ0) is 18.6. The molecule has 6 heteroatoms. The van der Waals surface area contributed by atoms with E-state index in [4.69, 9.17) is 9.26 Å². The number of carbonyl (C=O) groups is 1. The molecule has 1 heterocycles. The molecule has 6 nitrogen and oxygen atoms in total. The largest absolute Gasteiger partial charge is 0.491 e. The summed E-state index contributed by atoms with van der Waals surface area (Å²) >= 11 is 0. The molecular formula is C19H27N3O3. The fourth-order valence-corrected chi connectivity index (χ4v) is 2.65. The van der Waals surface area contributed by atoms with Crippen molar-refractivity contribution in [1.29, 1.82) is 0 Å². The highest BCUT2D eigenvalue weighted by Gasteiger charge is 2.15. The van der Waals surface area contributed by atoms with Crippen molar-refractivity contribution < 1.29 is 14.1 Å². The van der Waals surface area contributed by atoms with Gasteiger partial charge in [-0.15, -0.1) is 0 Å². The Morgan fingerprint density at radius 2 is 1.96 bits per heavy atom. The number of rotatable bonds is 6. The van der Waals surface area contributed by atoms with Crippen LogP contribution in [0.2, 0.25) is 0 Å². The normalized spacial score (nSPS) is 12.1. The van der Waals surface area contributed by atoms with Gasteiger partial charge in [0.1, 0.15) is 11.5 Å². The van der Waals surface area contributed by atoms with Crippen LogP contribution in [0, 0.1) is 20.8 Å². The van der Waals surface area contributed by atoms with Gasteiger partial charge in [0, 0.05) is 17.3 Å². The molecule has 1 aromatic heterocycles. The topological polar surface area (TPSA) is 76.4 Å². The predicted octanol–water partition coefficient (Wildman–Crippen LogP) is 4.14. The van der Waals surface area contributed by atoms with Crippen molar-refractivity contribution in [2.75, 3.05) is 5.32 Å². The standard InChI is InChI=1S/C19H27N3O3/c1-11(2)24-16-7-8-18(12(3)9-16)21-19(23)20-13(4)10-17-14(5)22-25-15(17)6/h7-9,11,13H,10H2,1-6H3,(H2,20,21,23). The molecule has 2 amide bonds. The molecule has 0 aliphatic carbocycles. The molecule has 0 aliphatic rings. The van der Waals surface area contributed by atoms with Crippen LogP contribution in [0.25, 0.3) is 0 Å². The number of aromatic nitrogens is 1. The first-order valence-corrected chi connectivity index (χ1v) is 8.52. The van der Waals surface area contributed by atoms with Gasteiger partial charge < -0.3 is 19.9 Å². The highest BCUT2D eigenvalue weighted by Crippen LogP contribution is 2.22. The number of carbonyl (C=O) groups excluding carboxylic acids is 1. The zero-order valence-electron chi connectivity index (χ0n) is 15.8. The molecule has 0 spiro atoms. The molecule has 1 atom stereocenters. The maximum absolute atomic E-state index is 12.2. The molecule has 0 bridgehead atoms. The monoisotopic (exact) mass is 345 g/mol. The van der Waals surface area contributed by atoms with Gasteiger partial charge in [-0.25, -0.2) is 4.79 Å². The Morgan fingerprint density at radius 3 is 2.52 bits per heavy atom. The van der Waals surface area contributed by atoms with E-state index in [1.54, 1.807) is 0 Å². The van der Waals surface area contributed by atoms with Crippen LogP contribution < -0.4 is 15.4 Å². The third-order valence-corrected chi connectivity index (χ3v) is 3.89. The van der Waals surface area contributed by atoms with Gasteiger partial charge in [0.05, 0.1) is 11.8 Å². The molecule has 25 heavy (non-hydrogen) atoms. The number of hydrogen-bond acceptors (Lipinski definition) is 4. The van der Waals surface area contributed by atoms with Gasteiger partial charge in [0.2, 0.25) is 0 Å². The van der Waals surface area contributed by atoms with Crippen LogP contribution in [0.3, 0.4) is 0 Å². The maximum Gasteiger partial charge on any atom is 0.319 e. The van der Waals surface area contributed by atoms with E-state index in [1.807, 2.05) is 59.7 Å². The van der Waals surface area contributed by atoms with Gasteiger partial charge in [0.25, 0.3) is 0 Å². The van der Waals surface area contributed by atoms with Gasteiger partial charge in [-0.05, 0) is 71.7 Å². The summed E-state index contributed by atoms with van der Waals surface area (Å²) in [5.74, 6) is 1.59. The summed E-state index contributed by atoms with van der Waals surface area (Å²) in [6.07, 6.45) is 0.793. The SMILES string of the molecule is Cc1cc(OC(C)C)ccc1NC(=O)NC(C)Cc1c(C)noc1C. The van der Waals surface area contributed by atoms with Crippen LogP contribution in [0.5, 0.6) is 5.75 Å². The lowest BCUT2D eigenvalue weighted by molar-refractivity contribution is 0.242. The second-order valence-corrected chi connectivity index (χ2v) is 6.65. The summed E-state index contributed by atoms with van der Waals surface area (Å²) in [7, 11) is 0. The average Bonchev–Trinajstić information content (AvgIpc) is 2.81. The molecule has 0 aliphatic heterocycles. The second kappa shape index (κ2) is 8.05. The van der Waals surface area contributed by atoms with Crippen LogP contribution >= 0.6 is 0 Å². The number of aryl methyl sites for hydroxylation is 3. The minimum Gasteiger partial charge on any atom is -0.491 e. The molecule has 2 aromatic rings. The van der Waals surface area contributed by atoms with Crippen LogP contribution in [0.15, 0.2) is 22.7 Å². The molecule has 0 saturated heterocycles. The molecule has 0 saturated carbocycles. The van der Waals surface area contributed by atoms with E-state index in [0.29, 0.717) is 6.42 Å². The summed E-state index contributed by atoms with van der Waals surface area (Å²) in [5.41, 5.74) is 3.62. The summed E-state index contributed by atoms with van der Waals surface area (Å²) in [6.45, 7) is 11.6. The van der Waals surface area contributed by atoms with Crippen LogP contribution in [-0.4, -0.2) is 23.3 Å². The first-order chi connectivity index (χ1) is 11.8. The van der Waals surface area contributed by atoms with Crippen molar-refractivity contribution >= 4 is 11.7 Å². The number of ether oxygens (including phenoxy) is 1. The van der Waals surface area contributed by atoms with Gasteiger partial charge >= 0.3 is 6.03 Å². The van der Waals surface area contributed by atoms with Crippen molar-refractivity contribution in [3.63, 3.8) is 0 Å². The van der Waals surface area contributed by atoms with Crippen molar-refractivity contribution in [2.24, 2.45) is 0 Å². The number of urea groups is 1. The molecule has 2 rings (SSSR count). The number of nitrogens with zero attached hydrogens (tertiary/aromatic N) is 1. The quantitative estimate of drug-likeness (QED) is 0.825. The number of anilines is 1. The lowest BCUT2D eigenvalue weighted by Gasteiger charge is -2.16. The van der Waals surface area contributed by atoms with Crippen molar-refractivity contribution in [3.8, 4) is 5.75 Å². The van der Waals surface area contributed by atoms with Crippen LogP contribution in [0.4, 0.5) is 10.5 Å². The molecule has 1 aromatic carbocycles. The van der Waals surface area contributed by atoms with E-state index in [0.717, 1.165) is 34.0 Å². The molecular weight excluding hydrogens is 318 g/mol. The molecule has 0 radical (unpaired) electrons. The Morgan fingerprint density at radius 1 is 1.24 bits per heavy atom. The first kappa shape index (κ1) is 18.8. The minimum absolute atomic E-state index is 0.0411. The van der Waals surface area contributed by atoms with Gasteiger partial charge in [-0.1, -0.05) is 5.16 Å². The van der Waals surface area contributed by atoms with Crippen LogP contribution in [0.1, 0.15) is 43.4 Å². The lowest BCUT2D eigenvalue weighted by Crippen LogP contribution is -2.37. The Bertz CT molecular complexity index is 718. The Kier molecular flexibility index (Phi) is 6.07. The number of hydrogen-bond donors (Lipinski definition) is 2. The predicted molar refractivity (Wildman–Crippen MR) is 98.2 cm³/mol. The zero-order valence-corrected chi connectivity index (χ0v) is 15.8. The van der Waals surface area contributed by atoms with E-state index in [1.165, 1.54) is 0 Å². The summed E-state index contributed by atoms with van der Waals surface area (Å²) in [4.78, 5) is 12.2. The summed E-state index contributed by atoms with van der Waals surface area (Å²) in [5, 5.41) is 9.77. The fourth-order valence-electron chi connectivity index (χ4n) is 2.65. The molecule has 1 unspecified atom stereocenters. The van der Waals surface area contributed by atoms with Crippen molar-refractivity contribution in [3.05, 3.63) is 40.8 Å². The summed E-state index contributed by atoms with van der Waals surface area (Å²) in [6, 6.07) is 5.35. The van der Waals surface area contributed by atoms with E-state index >= 15 is 0 Å². The summed E-state index contributed by atoms with van der Waals surface area (Å²) < 4.78 is 10.8. The van der Waals surface area contributed by atoms with Crippen molar-refractivity contribution in [1.82, 2.24) is 10.5 Å².